The van der Waals surface area contributed by atoms with Crippen molar-refractivity contribution in [2.45, 2.75) is 45.8 Å². The Bertz CT molecular complexity index is 565. The summed E-state index contributed by atoms with van der Waals surface area (Å²) in [5, 5.41) is 7.66. The van der Waals surface area contributed by atoms with E-state index in [9.17, 15) is 4.79 Å². The summed E-state index contributed by atoms with van der Waals surface area (Å²) >= 11 is 6.23. The number of amides is 1. The zero-order valence-electron chi connectivity index (χ0n) is 14.5. The van der Waals surface area contributed by atoms with Gasteiger partial charge in [0.15, 0.2) is 5.79 Å². The largest absolute Gasteiger partial charge is 0.352 e. The van der Waals surface area contributed by atoms with Crippen LogP contribution in [-0.2, 0) is 16.5 Å². The van der Waals surface area contributed by atoms with Crippen molar-refractivity contribution in [1.29, 1.82) is 0 Å². The van der Waals surface area contributed by atoms with Gasteiger partial charge >= 0.3 is 0 Å². The minimum Gasteiger partial charge on any atom is -0.352 e. The predicted molar refractivity (Wildman–Crippen MR) is 88.7 cm³/mol. The fourth-order valence-corrected chi connectivity index (χ4v) is 3.09. The van der Waals surface area contributed by atoms with Gasteiger partial charge in [-0.1, -0.05) is 32.4 Å². The second-order valence-corrected chi connectivity index (χ2v) is 7.04. The maximum atomic E-state index is 12.5. The molecule has 0 saturated carbocycles. The molecule has 6 nitrogen and oxygen atoms in total. The Kier molecular flexibility index (Phi) is 5.70. The van der Waals surface area contributed by atoms with Crippen molar-refractivity contribution in [1.82, 2.24) is 15.1 Å². The van der Waals surface area contributed by atoms with Crippen LogP contribution in [0.3, 0.4) is 0 Å². The monoisotopic (exact) mass is 343 g/mol. The Morgan fingerprint density at radius 2 is 2.00 bits per heavy atom. The second kappa shape index (κ2) is 7.20. The van der Waals surface area contributed by atoms with Crippen molar-refractivity contribution in [3.8, 4) is 0 Å². The molecule has 130 valence electrons. The van der Waals surface area contributed by atoms with Crippen molar-refractivity contribution in [2.24, 2.45) is 13.0 Å². The van der Waals surface area contributed by atoms with Crippen LogP contribution in [0, 0.1) is 5.92 Å². The maximum absolute atomic E-state index is 12.5. The number of carbonyl (C=O) groups is 1. The van der Waals surface area contributed by atoms with Crippen molar-refractivity contribution < 1.29 is 14.3 Å². The first-order chi connectivity index (χ1) is 10.7. The SMILES string of the molecule is CC(C)c1nn(C)c(Cl)c1C(=O)NC[C@@H](C)CC1(C)OCCO1. The van der Waals surface area contributed by atoms with Gasteiger partial charge in [0, 0.05) is 20.0 Å². The number of nitrogens with one attached hydrogen (secondary N) is 1. The lowest BCUT2D eigenvalue weighted by atomic mass is 10.0. The van der Waals surface area contributed by atoms with Crippen LogP contribution in [0.2, 0.25) is 5.15 Å². The quantitative estimate of drug-likeness (QED) is 0.862. The van der Waals surface area contributed by atoms with Gasteiger partial charge in [-0.25, -0.2) is 0 Å². The lowest BCUT2D eigenvalue weighted by Gasteiger charge is -2.26. The van der Waals surface area contributed by atoms with Crippen LogP contribution in [0.15, 0.2) is 0 Å². The van der Waals surface area contributed by atoms with Crippen LogP contribution in [-0.4, -0.2) is 41.2 Å². The summed E-state index contributed by atoms with van der Waals surface area (Å²) < 4.78 is 12.8. The van der Waals surface area contributed by atoms with Gasteiger partial charge < -0.3 is 14.8 Å². The number of halogens is 1. The second-order valence-electron chi connectivity index (χ2n) is 6.68. The first kappa shape index (κ1) is 18.2. The molecule has 23 heavy (non-hydrogen) atoms. The van der Waals surface area contributed by atoms with E-state index in [4.69, 9.17) is 21.1 Å². The Morgan fingerprint density at radius 1 is 1.39 bits per heavy atom. The third-order valence-corrected chi connectivity index (χ3v) is 4.44. The van der Waals surface area contributed by atoms with E-state index in [1.165, 1.54) is 4.68 Å². The molecule has 0 aromatic carbocycles. The number of carbonyl (C=O) groups excluding carboxylic acids is 1. The van der Waals surface area contributed by atoms with E-state index in [-0.39, 0.29) is 17.7 Å². The molecular weight excluding hydrogens is 318 g/mol. The number of aromatic nitrogens is 2. The molecule has 1 aromatic heterocycles. The van der Waals surface area contributed by atoms with Crippen LogP contribution in [0.1, 0.15) is 56.1 Å². The summed E-state index contributed by atoms with van der Waals surface area (Å²) in [5.74, 6) is -0.373. The van der Waals surface area contributed by atoms with E-state index in [1.54, 1.807) is 7.05 Å². The average molecular weight is 344 g/mol. The molecule has 2 heterocycles. The van der Waals surface area contributed by atoms with Gasteiger partial charge in [-0.3, -0.25) is 9.48 Å². The topological polar surface area (TPSA) is 65.4 Å². The molecule has 0 radical (unpaired) electrons. The fraction of sp³-hybridized carbons (Fsp3) is 0.750. The Balaban J connectivity index is 1.97. The Morgan fingerprint density at radius 3 is 2.57 bits per heavy atom. The van der Waals surface area contributed by atoms with Gasteiger partial charge in [0.05, 0.1) is 24.5 Å². The molecule has 1 saturated heterocycles. The summed E-state index contributed by atoms with van der Waals surface area (Å²) in [6, 6.07) is 0. The molecular formula is C16H26ClN3O3. The zero-order valence-corrected chi connectivity index (χ0v) is 15.2. The first-order valence-corrected chi connectivity index (χ1v) is 8.40. The molecule has 0 bridgehead atoms. The highest BCUT2D eigenvalue weighted by atomic mass is 35.5. The summed E-state index contributed by atoms with van der Waals surface area (Å²) in [6.45, 7) is 9.76. The van der Waals surface area contributed by atoms with E-state index in [1.807, 2.05) is 20.8 Å². The molecule has 0 spiro atoms. The number of hydrogen-bond donors (Lipinski definition) is 1. The molecule has 1 fully saturated rings. The Hall–Kier alpha value is -1.11. The highest BCUT2D eigenvalue weighted by Crippen LogP contribution is 2.27. The van der Waals surface area contributed by atoms with E-state index in [0.29, 0.717) is 30.5 Å². The van der Waals surface area contributed by atoms with Crippen molar-refractivity contribution >= 4 is 17.5 Å². The highest BCUT2D eigenvalue weighted by molar-refractivity contribution is 6.33. The smallest absolute Gasteiger partial charge is 0.256 e. The molecule has 1 amide bonds. The molecule has 7 heteroatoms. The minimum absolute atomic E-state index is 0.131. The molecule has 0 aliphatic carbocycles. The summed E-state index contributed by atoms with van der Waals surface area (Å²) in [4.78, 5) is 12.5. The summed E-state index contributed by atoms with van der Waals surface area (Å²) in [6.07, 6.45) is 0.727. The van der Waals surface area contributed by atoms with Gasteiger partial charge in [-0.05, 0) is 18.8 Å². The van der Waals surface area contributed by atoms with Gasteiger partial charge in [0.2, 0.25) is 0 Å². The number of aryl methyl sites for hydroxylation is 1. The van der Waals surface area contributed by atoms with Crippen LogP contribution in [0.25, 0.3) is 0 Å². The van der Waals surface area contributed by atoms with Crippen LogP contribution in [0.5, 0.6) is 0 Å². The van der Waals surface area contributed by atoms with Crippen LogP contribution in [0.4, 0.5) is 0 Å². The number of ether oxygens (including phenoxy) is 2. The standard InChI is InChI=1S/C16H26ClN3O3/c1-10(2)13-12(14(17)20(5)19-13)15(21)18-9-11(3)8-16(4)22-6-7-23-16/h10-11H,6-9H2,1-5H3,(H,18,21)/t11-/m0/s1. The average Bonchev–Trinajstić information content (AvgIpc) is 3.01. The molecule has 0 unspecified atom stereocenters. The molecule has 1 aliphatic rings. The van der Waals surface area contributed by atoms with Gasteiger partial charge in [-0.15, -0.1) is 0 Å². The van der Waals surface area contributed by atoms with Crippen LogP contribution < -0.4 is 5.32 Å². The van der Waals surface area contributed by atoms with Gasteiger partial charge in [0.1, 0.15) is 5.15 Å². The predicted octanol–water partition coefficient (Wildman–Crippen LogP) is 2.72. The number of hydrogen-bond acceptors (Lipinski definition) is 4. The lowest BCUT2D eigenvalue weighted by Crippen LogP contribution is -2.34. The Labute approximate surface area is 142 Å². The number of nitrogens with zero attached hydrogens (tertiary/aromatic N) is 2. The van der Waals surface area contributed by atoms with Gasteiger partial charge in [-0.2, -0.15) is 5.10 Å². The van der Waals surface area contributed by atoms with Crippen molar-refractivity contribution in [3.63, 3.8) is 0 Å². The molecule has 1 atom stereocenters. The fourth-order valence-electron chi connectivity index (χ4n) is 2.87. The maximum Gasteiger partial charge on any atom is 0.256 e. The molecule has 1 N–H and O–H groups in total. The normalized spacial score (nSPS) is 18.4. The van der Waals surface area contributed by atoms with Crippen LogP contribution >= 0.6 is 11.6 Å². The minimum atomic E-state index is -0.542. The highest BCUT2D eigenvalue weighted by Gasteiger charge is 2.33. The third-order valence-electron chi connectivity index (χ3n) is 4.01. The molecule has 2 rings (SSSR count). The summed E-state index contributed by atoms with van der Waals surface area (Å²) in [5.41, 5.74) is 1.19. The molecule has 1 aromatic rings. The van der Waals surface area contributed by atoms with Gasteiger partial charge in [0.25, 0.3) is 5.91 Å². The third kappa shape index (κ3) is 4.25. The van der Waals surface area contributed by atoms with E-state index >= 15 is 0 Å². The zero-order chi connectivity index (χ0) is 17.2. The van der Waals surface area contributed by atoms with E-state index < -0.39 is 5.79 Å². The lowest BCUT2D eigenvalue weighted by molar-refractivity contribution is -0.153. The van der Waals surface area contributed by atoms with Crippen molar-refractivity contribution in [3.05, 3.63) is 16.4 Å². The summed E-state index contributed by atoms with van der Waals surface area (Å²) in [7, 11) is 1.74. The number of rotatable bonds is 6. The van der Waals surface area contributed by atoms with E-state index in [0.717, 1.165) is 12.1 Å². The molecule has 1 aliphatic heterocycles. The van der Waals surface area contributed by atoms with Crippen molar-refractivity contribution in [2.75, 3.05) is 19.8 Å². The van der Waals surface area contributed by atoms with E-state index in [2.05, 4.69) is 17.3 Å². The first-order valence-electron chi connectivity index (χ1n) is 8.02.